The van der Waals surface area contributed by atoms with Gasteiger partial charge in [-0.15, -0.1) is 5.54 Å². The van der Waals surface area contributed by atoms with Gasteiger partial charge in [0.15, 0.2) is 31.6 Å². The summed E-state index contributed by atoms with van der Waals surface area (Å²) in [7, 11) is -4.44. The van der Waals surface area contributed by atoms with E-state index in [1.54, 1.807) is 35.2 Å². The van der Waals surface area contributed by atoms with Gasteiger partial charge in [0.05, 0.1) is 11.9 Å². The third-order valence-electron chi connectivity index (χ3n) is 7.39. The van der Waals surface area contributed by atoms with E-state index in [-0.39, 0.29) is 17.5 Å². The molecule has 0 spiro atoms. The van der Waals surface area contributed by atoms with Crippen molar-refractivity contribution in [3.63, 3.8) is 0 Å². The average Bonchev–Trinajstić information content (AvgIpc) is 3.41. The molecule has 4 rings (SSSR count). The number of rotatable bonds is 6. The zero-order valence-electron chi connectivity index (χ0n) is 24.4. The number of anilines is 1. The maximum absolute atomic E-state index is 12.8. The standard InChI is InChI=1S/C28H39N5O5Si2/c1-27(2,3)40(7,8)38-22-25(33-18-32-21-23(29)30-17-31-24(21)33)37-20(28(22,35)14-15-39(4,5)6)16-36-26(34)19-12-10-9-11-13-19/h9-13,17-18,20,22,25,35H,16H2,1-8H3,(H2,29,30,31)/t20-,22+,25-,28-/m1/s1. The predicted octanol–water partition coefficient (Wildman–Crippen LogP) is 4.17. The lowest BCUT2D eigenvalue weighted by molar-refractivity contribution is -0.0665. The number of fused-ring (bicyclic) bond motifs is 1. The van der Waals surface area contributed by atoms with Gasteiger partial charge in [-0.1, -0.05) is 64.5 Å². The number of hydrogen-bond donors (Lipinski definition) is 2. The molecule has 1 aliphatic heterocycles. The van der Waals surface area contributed by atoms with Crippen LogP contribution >= 0.6 is 0 Å². The Morgan fingerprint density at radius 3 is 2.45 bits per heavy atom. The molecule has 3 aromatic rings. The topological polar surface area (TPSA) is 135 Å². The van der Waals surface area contributed by atoms with Crippen LogP contribution in [0.15, 0.2) is 43.0 Å². The van der Waals surface area contributed by atoms with Gasteiger partial charge in [0, 0.05) is 0 Å². The molecule has 0 amide bonds. The van der Waals surface area contributed by atoms with Crippen LogP contribution in [0.4, 0.5) is 5.82 Å². The molecule has 0 saturated carbocycles. The lowest BCUT2D eigenvalue weighted by Crippen LogP contribution is -2.55. The number of carbonyl (C=O) groups excluding carboxylic acids is 1. The van der Waals surface area contributed by atoms with Crippen molar-refractivity contribution in [2.75, 3.05) is 12.3 Å². The van der Waals surface area contributed by atoms with E-state index < -0.39 is 46.4 Å². The van der Waals surface area contributed by atoms with Crippen LogP contribution in [-0.2, 0) is 13.9 Å². The van der Waals surface area contributed by atoms with Crippen molar-refractivity contribution in [1.29, 1.82) is 0 Å². The maximum atomic E-state index is 12.8. The molecular weight excluding hydrogens is 543 g/mol. The van der Waals surface area contributed by atoms with Crippen LogP contribution in [0.2, 0.25) is 37.8 Å². The first-order chi connectivity index (χ1) is 18.5. The van der Waals surface area contributed by atoms with Gasteiger partial charge in [-0.25, -0.2) is 19.7 Å². The number of aromatic nitrogens is 4. The molecule has 3 heterocycles. The van der Waals surface area contributed by atoms with Crippen LogP contribution in [0, 0.1) is 11.5 Å². The summed E-state index contributed by atoms with van der Waals surface area (Å²) < 4.78 is 20.7. The van der Waals surface area contributed by atoms with Crippen LogP contribution in [0.5, 0.6) is 0 Å². The number of benzene rings is 1. The monoisotopic (exact) mass is 581 g/mol. The van der Waals surface area contributed by atoms with Crippen molar-refractivity contribution >= 4 is 39.3 Å². The number of carbonyl (C=O) groups is 1. The molecule has 2 aromatic heterocycles. The highest BCUT2D eigenvalue weighted by atomic mass is 28.4. The van der Waals surface area contributed by atoms with Gasteiger partial charge in [-0.3, -0.25) is 4.57 Å². The van der Waals surface area contributed by atoms with Crippen molar-refractivity contribution in [2.45, 2.75) is 82.6 Å². The lowest BCUT2D eigenvalue weighted by atomic mass is 9.93. The third kappa shape index (κ3) is 5.98. The molecule has 10 nitrogen and oxygen atoms in total. The van der Waals surface area contributed by atoms with E-state index in [4.69, 9.17) is 19.6 Å². The molecule has 1 saturated heterocycles. The van der Waals surface area contributed by atoms with E-state index in [0.717, 1.165) is 0 Å². The summed E-state index contributed by atoms with van der Waals surface area (Å²) in [6.07, 6.45) is 0.0687. The predicted molar refractivity (Wildman–Crippen MR) is 159 cm³/mol. The zero-order valence-corrected chi connectivity index (χ0v) is 26.4. The van der Waals surface area contributed by atoms with Crippen molar-refractivity contribution in [2.24, 2.45) is 0 Å². The Bertz CT molecular complexity index is 1440. The summed E-state index contributed by atoms with van der Waals surface area (Å²) in [4.78, 5) is 25.7. The second-order valence-electron chi connectivity index (χ2n) is 12.7. The number of ether oxygens (including phenoxy) is 2. The Hall–Kier alpha value is -3.09. The Morgan fingerprint density at radius 1 is 1.15 bits per heavy atom. The molecule has 4 atom stereocenters. The fourth-order valence-electron chi connectivity index (χ4n) is 4.07. The van der Waals surface area contributed by atoms with Crippen LogP contribution in [0.3, 0.4) is 0 Å². The number of imidazole rings is 1. The first kappa shape index (κ1) is 29.9. The average molecular weight is 582 g/mol. The normalized spacial score (nSPS) is 23.6. The van der Waals surface area contributed by atoms with Crippen LogP contribution in [0.25, 0.3) is 11.2 Å². The van der Waals surface area contributed by atoms with E-state index in [9.17, 15) is 9.90 Å². The summed E-state index contributed by atoms with van der Waals surface area (Å²) in [6, 6.07) is 8.68. The van der Waals surface area contributed by atoms with E-state index >= 15 is 0 Å². The molecule has 1 fully saturated rings. The highest BCUT2D eigenvalue weighted by Gasteiger charge is 2.60. The molecule has 0 radical (unpaired) electrons. The third-order valence-corrected chi connectivity index (χ3v) is 12.7. The molecule has 12 heteroatoms. The fraction of sp³-hybridized carbons (Fsp3) is 0.500. The SMILES string of the molecule is CC(C)(C)[Si](C)(C)O[C@H]1[C@H](n2cnc3c(N)ncnc32)O[C@H](COC(=O)c2ccccc2)[C@]1(O)C#C[Si](C)(C)C. The second kappa shape index (κ2) is 10.7. The van der Waals surface area contributed by atoms with Gasteiger partial charge in [-0.2, -0.15) is 0 Å². The van der Waals surface area contributed by atoms with Crippen molar-refractivity contribution in [3.8, 4) is 11.5 Å². The summed E-state index contributed by atoms with van der Waals surface area (Å²) in [5.74, 6) is 2.85. The number of nitrogen functional groups attached to an aromatic ring is 1. The van der Waals surface area contributed by atoms with Crippen molar-refractivity contribution < 1.29 is 23.8 Å². The summed E-state index contributed by atoms with van der Waals surface area (Å²) >= 11 is 0. The van der Waals surface area contributed by atoms with Crippen LogP contribution in [0.1, 0.15) is 37.4 Å². The highest BCUT2D eigenvalue weighted by molar-refractivity contribution is 6.83. The Labute approximate surface area is 237 Å². The Balaban J connectivity index is 1.81. The van der Waals surface area contributed by atoms with Gasteiger partial charge in [0.25, 0.3) is 0 Å². The molecular formula is C28H39N5O5Si2. The molecule has 0 aliphatic carbocycles. The van der Waals surface area contributed by atoms with E-state index in [0.29, 0.717) is 16.7 Å². The van der Waals surface area contributed by atoms with Crippen molar-refractivity contribution in [1.82, 2.24) is 19.5 Å². The minimum atomic E-state index is -2.49. The number of hydrogen-bond acceptors (Lipinski definition) is 9. The Morgan fingerprint density at radius 2 is 1.82 bits per heavy atom. The smallest absolute Gasteiger partial charge is 0.338 e. The van der Waals surface area contributed by atoms with Crippen molar-refractivity contribution in [3.05, 3.63) is 48.5 Å². The number of esters is 1. The first-order valence-corrected chi connectivity index (χ1v) is 19.7. The molecule has 214 valence electrons. The molecule has 0 bridgehead atoms. The Kier molecular flexibility index (Phi) is 8.01. The molecule has 0 unspecified atom stereocenters. The van der Waals surface area contributed by atoms with Gasteiger partial charge in [0.1, 0.15) is 38.7 Å². The summed E-state index contributed by atoms with van der Waals surface area (Å²) in [5, 5.41) is 12.2. The first-order valence-electron chi connectivity index (χ1n) is 13.3. The quantitative estimate of drug-likeness (QED) is 0.250. The second-order valence-corrected chi connectivity index (χ2v) is 22.2. The molecule has 3 N–H and O–H groups in total. The van der Waals surface area contributed by atoms with E-state index in [2.05, 4.69) is 79.9 Å². The van der Waals surface area contributed by atoms with Gasteiger partial charge in [0.2, 0.25) is 0 Å². The van der Waals surface area contributed by atoms with E-state index in [1.807, 2.05) is 6.07 Å². The number of aliphatic hydroxyl groups is 1. The van der Waals surface area contributed by atoms with Crippen LogP contribution in [-0.4, -0.2) is 71.4 Å². The lowest BCUT2D eigenvalue weighted by Gasteiger charge is -2.42. The highest BCUT2D eigenvalue weighted by Crippen LogP contribution is 2.46. The van der Waals surface area contributed by atoms with Gasteiger partial charge >= 0.3 is 5.97 Å². The molecule has 40 heavy (non-hydrogen) atoms. The summed E-state index contributed by atoms with van der Waals surface area (Å²) in [5.41, 5.74) is 8.80. The summed E-state index contributed by atoms with van der Waals surface area (Å²) in [6.45, 7) is 16.6. The fourth-order valence-corrected chi connectivity index (χ4v) is 5.93. The van der Waals surface area contributed by atoms with Gasteiger partial charge < -0.3 is 24.7 Å². The van der Waals surface area contributed by atoms with E-state index in [1.165, 1.54) is 6.33 Å². The minimum absolute atomic E-state index is 0.174. The zero-order chi connectivity index (χ0) is 29.5. The molecule has 1 aliphatic rings. The minimum Gasteiger partial charge on any atom is -0.459 e. The largest absolute Gasteiger partial charge is 0.459 e. The number of nitrogens with zero attached hydrogens (tertiary/aromatic N) is 4. The van der Waals surface area contributed by atoms with Crippen LogP contribution < -0.4 is 5.73 Å². The molecule has 1 aromatic carbocycles. The van der Waals surface area contributed by atoms with Gasteiger partial charge in [-0.05, 0) is 30.3 Å². The maximum Gasteiger partial charge on any atom is 0.338 e. The number of nitrogens with two attached hydrogens (primary N) is 1.